The summed E-state index contributed by atoms with van der Waals surface area (Å²) >= 11 is 0. The van der Waals surface area contributed by atoms with Gasteiger partial charge in [-0.15, -0.1) is 0 Å². The zero-order valence-electron chi connectivity index (χ0n) is 12.9. The molecule has 22 heavy (non-hydrogen) atoms. The Bertz CT molecular complexity index is 737. The molecule has 2 aromatic rings. The van der Waals surface area contributed by atoms with Crippen LogP contribution in [-0.4, -0.2) is 32.8 Å². The number of rotatable bonds is 4. The largest absolute Gasteiger partial charge is 0.444 e. The molecule has 0 bridgehead atoms. The molecule has 2 N–H and O–H groups in total. The van der Waals surface area contributed by atoms with Gasteiger partial charge in [0.25, 0.3) is 5.56 Å². The molecule has 2 aromatic heterocycles. The molecular formula is C15H20N4O3. The Morgan fingerprint density at radius 3 is 2.95 bits per heavy atom. The Balaban J connectivity index is 1.83. The number of aromatic nitrogens is 3. The van der Waals surface area contributed by atoms with Crippen LogP contribution in [0.25, 0.3) is 11.6 Å². The van der Waals surface area contributed by atoms with E-state index in [1.807, 2.05) is 32.9 Å². The summed E-state index contributed by atoms with van der Waals surface area (Å²) in [4.78, 5) is 25.5. The van der Waals surface area contributed by atoms with E-state index in [1.54, 1.807) is 12.3 Å². The Hall–Kier alpha value is -2.57. The Morgan fingerprint density at radius 1 is 1.50 bits per heavy atom. The van der Waals surface area contributed by atoms with E-state index in [0.29, 0.717) is 18.5 Å². The van der Waals surface area contributed by atoms with Crippen LogP contribution in [0.15, 0.2) is 29.5 Å². The van der Waals surface area contributed by atoms with E-state index >= 15 is 0 Å². The second kappa shape index (κ2) is 6.46. The summed E-state index contributed by atoms with van der Waals surface area (Å²) in [6.45, 7) is 5.94. The minimum absolute atomic E-state index is 0.179. The highest BCUT2D eigenvalue weighted by Crippen LogP contribution is 2.07. The van der Waals surface area contributed by atoms with Crippen molar-refractivity contribution in [1.82, 2.24) is 19.9 Å². The van der Waals surface area contributed by atoms with Crippen molar-refractivity contribution in [3.05, 3.63) is 40.6 Å². The van der Waals surface area contributed by atoms with Gasteiger partial charge in [0.1, 0.15) is 17.4 Å². The Kier molecular flexibility index (Phi) is 4.65. The van der Waals surface area contributed by atoms with Crippen molar-refractivity contribution >= 4 is 17.7 Å². The molecule has 0 aliphatic heterocycles. The normalized spacial score (nSPS) is 12.0. The lowest BCUT2D eigenvalue weighted by molar-refractivity contribution is 0.0529. The van der Waals surface area contributed by atoms with Gasteiger partial charge in [-0.25, -0.2) is 9.31 Å². The molecule has 118 valence electrons. The lowest BCUT2D eigenvalue weighted by Crippen LogP contribution is -2.32. The molecule has 0 saturated carbocycles. The van der Waals surface area contributed by atoms with Crippen molar-refractivity contribution in [3.63, 3.8) is 0 Å². The molecule has 0 atom stereocenters. The maximum absolute atomic E-state index is 11.6. The third-order valence-corrected chi connectivity index (χ3v) is 2.72. The van der Waals surface area contributed by atoms with Crippen LogP contribution in [0.1, 0.15) is 32.8 Å². The van der Waals surface area contributed by atoms with E-state index in [2.05, 4.69) is 15.4 Å². The van der Waals surface area contributed by atoms with Gasteiger partial charge >= 0.3 is 6.09 Å². The van der Waals surface area contributed by atoms with Crippen LogP contribution in [0.4, 0.5) is 4.79 Å². The zero-order chi connectivity index (χ0) is 16.2. The number of ether oxygens (including phenoxy) is 1. The highest BCUT2D eigenvalue weighted by atomic mass is 16.6. The first kappa shape index (κ1) is 15.8. The van der Waals surface area contributed by atoms with Crippen molar-refractivity contribution in [1.29, 1.82) is 0 Å². The van der Waals surface area contributed by atoms with Crippen molar-refractivity contribution in [2.24, 2.45) is 0 Å². The summed E-state index contributed by atoms with van der Waals surface area (Å²) in [6.07, 6.45) is 7.15. The Morgan fingerprint density at radius 2 is 2.27 bits per heavy atom. The molecule has 1 amide bonds. The summed E-state index contributed by atoms with van der Waals surface area (Å²) in [5.41, 5.74) is 0.698. The third-order valence-electron chi connectivity index (χ3n) is 2.72. The molecule has 2 heterocycles. The first-order chi connectivity index (χ1) is 10.3. The smallest absolute Gasteiger partial charge is 0.407 e. The van der Waals surface area contributed by atoms with Crippen LogP contribution in [0.3, 0.4) is 0 Å². The first-order valence-corrected chi connectivity index (χ1v) is 7.05. The van der Waals surface area contributed by atoms with Gasteiger partial charge in [0.05, 0.1) is 0 Å². The highest BCUT2D eigenvalue weighted by molar-refractivity contribution is 5.67. The summed E-state index contributed by atoms with van der Waals surface area (Å²) < 4.78 is 6.66. The van der Waals surface area contributed by atoms with E-state index in [-0.39, 0.29) is 5.56 Å². The number of amides is 1. The predicted octanol–water partition coefficient (Wildman–Crippen LogP) is 1.95. The summed E-state index contributed by atoms with van der Waals surface area (Å²) in [7, 11) is 0. The minimum atomic E-state index is -0.493. The van der Waals surface area contributed by atoms with Gasteiger partial charge in [0.2, 0.25) is 0 Å². The second-order valence-corrected chi connectivity index (χ2v) is 5.84. The number of fused-ring (bicyclic) bond motifs is 1. The topological polar surface area (TPSA) is 88.5 Å². The van der Waals surface area contributed by atoms with Crippen molar-refractivity contribution < 1.29 is 9.53 Å². The van der Waals surface area contributed by atoms with E-state index in [0.717, 1.165) is 5.56 Å². The second-order valence-electron chi connectivity index (χ2n) is 5.84. The van der Waals surface area contributed by atoms with Crippen LogP contribution >= 0.6 is 0 Å². The molecule has 2 rings (SSSR count). The monoisotopic (exact) mass is 304 g/mol. The third kappa shape index (κ3) is 4.47. The van der Waals surface area contributed by atoms with E-state index in [9.17, 15) is 9.59 Å². The number of aromatic amines is 1. The summed E-state index contributed by atoms with van der Waals surface area (Å²) in [5.74, 6) is 0. The van der Waals surface area contributed by atoms with Gasteiger partial charge in [-0.3, -0.25) is 4.79 Å². The van der Waals surface area contributed by atoms with Crippen LogP contribution in [0, 0.1) is 0 Å². The molecular weight excluding hydrogens is 284 g/mol. The Labute approximate surface area is 128 Å². The molecule has 7 nitrogen and oxygen atoms in total. The van der Waals surface area contributed by atoms with Crippen LogP contribution in [0.2, 0.25) is 0 Å². The number of nitrogens with one attached hydrogen (secondary N) is 2. The molecule has 0 spiro atoms. The zero-order valence-corrected chi connectivity index (χ0v) is 12.9. The number of carbonyl (C=O) groups excluding carboxylic acids is 1. The van der Waals surface area contributed by atoms with Gasteiger partial charge in [-0.05, 0) is 38.8 Å². The predicted molar refractivity (Wildman–Crippen MR) is 83.7 cm³/mol. The lowest BCUT2D eigenvalue weighted by atomic mass is 10.2. The molecule has 0 aliphatic carbocycles. The van der Waals surface area contributed by atoms with Gasteiger partial charge in [0, 0.05) is 12.7 Å². The molecule has 0 aliphatic rings. The fourth-order valence-corrected chi connectivity index (χ4v) is 1.84. The van der Waals surface area contributed by atoms with E-state index in [1.165, 1.54) is 10.8 Å². The SMILES string of the molecule is CC(C)(C)OC(=O)NCCC=Cc1cc2c(=O)[nH]cnn2c1. The van der Waals surface area contributed by atoms with E-state index < -0.39 is 11.7 Å². The minimum Gasteiger partial charge on any atom is -0.444 e. The number of alkyl carbamates (subject to hydrolysis) is 1. The molecule has 0 radical (unpaired) electrons. The first-order valence-electron chi connectivity index (χ1n) is 7.05. The van der Waals surface area contributed by atoms with Crippen molar-refractivity contribution in [2.45, 2.75) is 32.8 Å². The van der Waals surface area contributed by atoms with Gasteiger partial charge in [0.15, 0.2) is 0 Å². The summed E-state index contributed by atoms with van der Waals surface area (Å²) in [5, 5.41) is 6.69. The number of hydrogen-bond acceptors (Lipinski definition) is 4. The fourth-order valence-electron chi connectivity index (χ4n) is 1.84. The average molecular weight is 304 g/mol. The van der Waals surface area contributed by atoms with Gasteiger partial charge in [-0.2, -0.15) is 5.10 Å². The van der Waals surface area contributed by atoms with Crippen LogP contribution in [0.5, 0.6) is 0 Å². The quantitative estimate of drug-likeness (QED) is 0.845. The van der Waals surface area contributed by atoms with Gasteiger partial charge < -0.3 is 15.0 Å². The van der Waals surface area contributed by atoms with Crippen LogP contribution in [-0.2, 0) is 4.74 Å². The van der Waals surface area contributed by atoms with Crippen molar-refractivity contribution in [2.75, 3.05) is 6.54 Å². The molecule has 7 heteroatoms. The van der Waals surface area contributed by atoms with E-state index in [4.69, 9.17) is 4.74 Å². The average Bonchev–Trinajstić information content (AvgIpc) is 2.80. The van der Waals surface area contributed by atoms with Crippen molar-refractivity contribution in [3.8, 4) is 0 Å². The molecule has 0 unspecified atom stereocenters. The number of carbonyl (C=O) groups is 1. The highest BCUT2D eigenvalue weighted by Gasteiger charge is 2.15. The maximum Gasteiger partial charge on any atom is 0.407 e. The molecule has 0 saturated heterocycles. The van der Waals surface area contributed by atoms with Gasteiger partial charge in [-0.1, -0.05) is 12.2 Å². The number of hydrogen-bond donors (Lipinski definition) is 2. The summed E-state index contributed by atoms with van der Waals surface area (Å²) in [6, 6.07) is 1.75. The molecule has 0 fully saturated rings. The standard InChI is InChI=1S/C15H20N4O3/c1-15(2,3)22-14(21)16-7-5-4-6-11-8-12-13(20)17-10-18-19(12)9-11/h4,6,8-10H,5,7H2,1-3H3,(H,16,21)(H,17,18,20). The fraction of sp³-hybridized carbons (Fsp3) is 0.400. The number of nitrogens with zero attached hydrogens (tertiary/aromatic N) is 2. The maximum atomic E-state index is 11.6. The van der Waals surface area contributed by atoms with Crippen LogP contribution < -0.4 is 10.9 Å². The lowest BCUT2D eigenvalue weighted by Gasteiger charge is -2.19. The molecule has 0 aromatic carbocycles. The number of H-pyrrole nitrogens is 1.